The number of likely N-dealkylation sites (N-methyl/N-ethyl adjacent to an activating group) is 1. The molecular weight excluding hydrogens is 350 g/mol. The van der Waals surface area contributed by atoms with Crippen LogP contribution >= 0.6 is 0 Å². The second kappa shape index (κ2) is 7.30. The lowest BCUT2D eigenvalue weighted by Crippen LogP contribution is -2.28. The first-order valence-corrected chi connectivity index (χ1v) is 10.0. The van der Waals surface area contributed by atoms with E-state index in [2.05, 4.69) is 29.3 Å². The molecule has 0 bridgehead atoms. The molecule has 5 heteroatoms. The van der Waals surface area contributed by atoms with Crippen LogP contribution in [0.15, 0.2) is 36.4 Å². The minimum absolute atomic E-state index is 0.0139. The summed E-state index contributed by atoms with van der Waals surface area (Å²) >= 11 is 0. The van der Waals surface area contributed by atoms with Gasteiger partial charge < -0.3 is 15.1 Å². The largest absolute Gasteiger partial charge is 0.371 e. The first kappa shape index (κ1) is 18.5. The Kier molecular flexibility index (Phi) is 4.84. The summed E-state index contributed by atoms with van der Waals surface area (Å²) < 4.78 is 0. The lowest BCUT2D eigenvalue weighted by Gasteiger charge is -2.20. The third-order valence-corrected chi connectivity index (χ3v) is 6.09. The number of nitrogens with zero attached hydrogens (tertiary/aromatic N) is 2. The second-order valence-corrected chi connectivity index (χ2v) is 7.79. The number of carbonyl (C=O) groups excluding carboxylic acids is 2. The second-order valence-electron chi connectivity index (χ2n) is 7.79. The van der Waals surface area contributed by atoms with Gasteiger partial charge in [-0.2, -0.15) is 0 Å². The van der Waals surface area contributed by atoms with Gasteiger partial charge in [0.2, 0.25) is 11.8 Å². The van der Waals surface area contributed by atoms with Crippen molar-refractivity contribution in [3.8, 4) is 0 Å². The van der Waals surface area contributed by atoms with Crippen LogP contribution < -0.4 is 15.1 Å². The van der Waals surface area contributed by atoms with Gasteiger partial charge in [-0.15, -0.1) is 0 Å². The Morgan fingerprint density at radius 3 is 2.79 bits per heavy atom. The first-order chi connectivity index (χ1) is 13.5. The topological polar surface area (TPSA) is 52.7 Å². The maximum Gasteiger partial charge on any atom is 0.229 e. The number of nitrogens with one attached hydrogen (secondary N) is 1. The first-order valence-electron chi connectivity index (χ1n) is 10.0. The molecule has 2 aliphatic heterocycles. The number of rotatable bonds is 4. The highest BCUT2D eigenvalue weighted by Crippen LogP contribution is 2.32. The molecule has 1 saturated heterocycles. The van der Waals surface area contributed by atoms with Crippen molar-refractivity contribution in [2.24, 2.45) is 5.92 Å². The number of anilines is 3. The summed E-state index contributed by atoms with van der Waals surface area (Å²) in [4.78, 5) is 29.5. The minimum Gasteiger partial charge on any atom is -0.371 e. The maximum atomic E-state index is 12.8. The van der Waals surface area contributed by atoms with E-state index in [-0.39, 0.29) is 24.2 Å². The monoisotopic (exact) mass is 377 g/mol. The van der Waals surface area contributed by atoms with Gasteiger partial charge in [0, 0.05) is 43.1 Å². The Morgan fingerprint density at radius 1 is 1.18 bits per heavy atom. The van der Waals surface area contributed by atoms with Crippen molar-refractivity contribution in [3.63, 3.8) is 0 Å². The van der Waals surface area contributed by atoms with E-state index in [0.29, 0.717) is 6.54 Å². The zero-order chi connectivity index (χ0) is 19.8. The minimum atomic E-state index is -0.331. The van der Waals surface area contributed by atoms with Gasteiger partial charge in [-0.3, -0.25) is 9.59 Å². The SMILES string of the molecule is CCN1CCc2ccc(NC(=O)C3CC(=O)N(c4cccc(C)c4C)C3)cc21. The number of hydrogen-bond donors (Lipinski definition) is 1. The Labute approximate surface area is 166 Å². The van der Waals surface area contributed by atoms with Gasteiger partial charge in [-0.1, -0.05) is 18.2 Å². The standard InChI is InChI=1S/C23H27N3O2/c1-4-25-11-10-17-8-9-19(13-21(17)25)24-23(28)18-12-22(27)26(14-18)20-7-5-6-15(2)16(20)3/h5-9,13,18H,4,10-12,14H2,1-3H3,(H,24,28). The number of hydrogen-bond acceptors (Lipinski definition) is 3. The summed E-state index contributed by atoms with van der Waals surface area (Å²) in [6.45, 7) is 8.64. The Balaban J connectivity index is 1.48. The van der Waals surface area contributed by atoms with Crippen molar-refractivity contribution in [3.05, 3.63) is 53.1 Å². The van der Waals surface area contributed by atoms with Crippen molar-refractivity contribution in [2.75, 3.05) is 34.8 Å². The fraction of sp³-hybridized carbons (Fsp3) is 0.391. The summed E-state index contributed by atoms with van der Waals surface area (Å²) in [5.74, 6) is -0.398. The molecule has 4 rings (SSSR count). The fourth-order valence-electron chi connectivity index (χ4n) is 4.24. The summed E-state index contributed by atoms with van der Waals surface area (Å²) in [6.07, 6.45) is 1.31. The van der Waals surface area contributed by atoms with Crippen LogP contribution in [0.2, 0.25) is 0 Å². The third-order valence-electron chi connectivity index (χ3n) is 6.09. The molecule has 1 N–H and O–H groups in total. The quantitative estimate of drug-likeness (QED) is 0.884. The molecule has 2 aromatic rings. The molecule has 1 atom stereocenters. The van der Waals surface area contributed by atoms with Gasteiger partial charge in [0.1, 0.15) is 0 Å². The molecule has 0 aromatic heterocycles. The van der Waals surface area contributed by atoms with Crippen molar-refractivity contribution in [1.29, 1.82) is 0 Å². The Morgan fingerprint density at radius 2 is 2.00 bits per heavy atom. The third kappa shape index (κ3) is 3.26. The molecule has 0 spiro atoms. The highest BCUT2D eigenvalue weighted by atomic mass is 16.2. The molecule has 2 aliphatic rings. The number of benzene rings is 2. The molecule has 2 aromatic carbocycles. The lowest BCUT2D eigenvalue weighted by molar-refractivity contribution is -0.122. The van der Waals surface area contributed by atoms with E-state index in [0.717, 1.165) is 42.0 Å². The van der Waals surface area contributed by atoms with E-state index in [9.17, 15) is 9.59 Å². The highest BCUT2D eigenvalue weighted by Gasteiger charge is 2.36. The average molecular weight is 377 g/mol. The van der Waals surface area contributed by atoms with Gasteiger partial charge in [-0.05, 0) is 62.1 Å². The summed E-state index contributed by atoms with van der Waals surface area (Å²) in [7, 11) is 0. The molecule has 2 heterocycles. The molecule has 146 valence electrons. The molecule has 0 radical (unpaired) electrons. The van der Waals surface area contributed by atoms with Gasteiger partial charge in [0.05, 0.1) is 5.92 Å². The van der Waals surface area contributed by atoms with E-state index in [1.165, 1.54) is 11.3 Å². The van der Waals surface area contributed by atoms with Gasteiger partial charge in [0.25, 0.3) is 0 Å². The van der Waals surface area contributed by atoms with Crippen LogP contribution in [0, 0.1) is 19.8 Å². The molecule has 2 amide bonds. The smallest absolute Gasteiger partial charge is 0.229 e. The number of carbonyl (C=O) groups is 2. The van der Waals surface area contributed by atoms with E-state index in [1.807, 2.05) is 38.1 Å². The normalized spacial score (nSPS) is 18.5. The number of amides is 2. The predicted molar refractivity (Wildman–Crippen MR) is 113 cm³/mol. The molecular formula is C23H27N3O2. The predicted octanol–water partition coefficient (Wildman–Crippen LogP) is 3.68. The summed E-state index contributed by atoms with van der Waals surface area (Å²) in [6, 6.07) is 12.1. The van der Waals surface area contributed by atoms with Crippen molar-refractivity contribution < 1.29 is 9.59 Å². The van der Waals surface area contributed by atoms with E-state index in [1.54, 1.807) is 4.90 Å². The Hall–Kier alpha value is -2.82. The molecule has 0 saturated carbocycles. The van der Waals surface area contributed by atoms with Gasteiger partial charge in [0.15, 0.2) is 0 Å². The van der Waals surface area contributed by atoms with Crippen LogP contribution in [0.5, 0.6) is 0 Å². The van der Waals surface area contributed by atoms with Crippen LogP contribution in [-0.4, -0.2) is 31.4 Å². The Bertz CT molecular complexity index is 937. The highest BCUT2D eigenvalue weighted by molar-refractivity contribution is 6.04. The van der Waals surface area contributed by atoms with E-state index >= 15 is 0 Å². The lowest BCUT2D eigenvalue weighted by atomic mass is 10.1. The summed E-state index contributed by atoms with van der Waals surface area (Å²) in [5, 5.41) is 3.03. The molecule has 5 nitrogen and oxygen atoms in total. The van der Waals surface area contributed by atoms with Crippen molar-refractivity contribution in [2.45, 2.75) is 33.6 Å². The van der Waals surface area contributed by atoms with Gasteiger partial charge in [-0.25, -0.2) is 0 Å². The average Bonchev–Trinajstić information content (AvgIpc) is 3.27. The van der Waals surface area contributed by atoms with Crippen LogP contribution in [0.3, 0.4) is 0 Å². The molecule has 1 fully saturated rings. The maximum absolute atomic E-state index is 12.8. The van der Waals surface area contributed by atoms with E-state index in [4.69, 9.17) is 0 Å². The summed E-state index contributed by atoms with van der Waals surface area (Å²) in [5.41, 5.74) is 6.50. The van der Waals surface area contributed by atoms with Crippen LogP contribution in [0.25, 0.3) is 0 Å². The van der Waals surface area contributed by atoms with Crippen molar-refractivity contribution >= 4 is 28.9 Å². The van der Waals surface area contributed by atoms with Crippen LogP contribution in [-0.2, 0) is 16.0 Å². The molecule has 28 heavy (non-hydrogen) atoms. The number of aryl methyl sites for hydroxylation is 1. The van der Waals surface area contributed by atoms with Crippen LogP contribution in [0.1, 0.15) is 30.0 Å². The molecule has 1 unspecified atom stereocenters. The van der Waals surface area contributed by atoms with Crippen LogP contribution in [0.4, 0.5) is 17.1 Å². The fourth-order valence-corrected chi connectivity index (χ4v) is 4.24. The zero-order valence-corrected chi connectivity index (χ0v) is 16.8. The zero-order valence-electron chi connectivity index (χ0n) is 16.8. The van der Waals surface area contributed by atoms with E-state index < -0.39 is 0 Å². The van der Waals surface area contributed by atoms with Gasteiger partial charge >= 0.3 is 0 Å². The molecule has 0 aliphatic carbocycles. The van der Waals surface area contributed by atoms with Crippen molar-refractivity contribution in [1.82, 2.24) is 0 Å². The number of fused-ring (bicyclic) bond motifs is 1.